The normalized spacial score (nSPS) is 12.6. The zero-order valence-corrected chi connectivity index (χ0v) is 17.1. The van der Waals surface area contributed by atoms with Crippen LogP contribution in [0, 0.1) is 0 Å². The standard InChI is InChI=1S/C22H47NO2/c1-2-3-4-5-6-7-8-9-10-11-12-13-14-15-16-17-18-19-22(25)23-20-21-24/h22-25H,2-21H2,1H3. The van der Waals surface area contributed by atoms with Gasteiger partial charge in [-0.3, -0.25) is 5.32 Å². The molecular weight excluding hydrogens is 310 g/mol. The highest BCUT2D eigenvalue weighted by atomic mass is 16.3. The minimum atomic E-state index is -0.441. The summed E-state index contributed by atoms with van der Waals surface area (Å²) in [7, 11) is 0. The zero-order chi connectivity index (χ0) is 18.4. The van der Waals surface area contributed by atoms with Crippen molar-refractivity contribution in [3.8, 4) is 0 Å². The molecule has 3 N–H and O–H groups in total. The number of hydrogen-bond acceptors (Lipinski definition) is 3. The predicted molar refractivity (Wildman–Crippen MR) is 110 cm³/mol. The number of unbranched alkanes of at least 4 members (excludes halogenated alkanes) is 16. The van der Waals surface area contributed by atoms with Crippen LogP contribution in [0.3, 0.4) is 0 Å². The molecule has 0 aliphatic carbocycles. The van der Waals surface area contributed by atoms with E-state index in [-0.39, 0.29) is 6.61 Å². The predicted octanol–water partition coefficient (Wildman–Crippen LogP) is 5.93. The van der Waals surface area contributed by atoms with Gasteiger partial charge in [0.2, 0.25) is 0 Å². The van der Waals surface area contributed by atoms with Gasteiger partial charge in [-0.1, -0.05) is 110 Å². The Kier molecular flexibility index (Phi) is 21.8. The number of hydrogen-bond donors (Lipinski definition) is 3. The van der Waals surface area contributed by atoms with Crippen molar-refractivity contribution < 1.29 is 10.2 Å². The molecule has 0 heterocycles. The number of nitrogens with one attached hydrogen (secondary N) is 1. The van der Waals surface area contributed by atoms with Gasteiger partial charge in [0.25, 0.3) is 0 Å². The van der Waals surface area contributed by atoms with Crippen LogP contribution in [0.2, 0.25) is 0 Å². The first-order chi connectivity index (χ1) is 12.3. The fourth-order valence-electron chi connectivity index (χ4n) is 3.40. The van der Waals surface area contributed by atoms with E-state index in [0.29, 0.717) is 6.54 Å². The third kappa shape index (κ3) is 21.8. The van der Waals surface area contributed by atoms with Crippen molar-refractivity contribution in [1.82, 2.24) is 5.32 Å². The molecule has 0 saturated heterocycles. The van der Waals surface area contributed by atoms with E-state index in [2.05, 4.69) is 12.2 Å². The Morgan fingerprint density at radius 1 is 0.600 bits per heavy atom. The van der Waals surface area contributed by atoms with Gasteiger partial charge in [-0.15, -0.1) is 0 Å². The Morgan fingerprint density at radius 2 is 0.960 bits per heavy atom. The largest absolute Gasteiger partial charge is 0.395 e. The first-order valence-electron chi connectivity index (χ1n) is 11.3. The Labute approximate surface area is 158 Å². The second-order valence-electron chi connectivity index (χ2n) is 7.64. The smallest absolute Gasteiger partial charge is 0.104 e. The number of rotatable bonds is 21. The van der Waals surface area contributed by atoms with Gasteiger partial charge in [0.1, 0.15) is 6.23 Å². The average molecular weight is 358 g/mol. The van der Waals surface area contributed by atoms with Crippen LogP contribution >= 0.6 is 0 Å². The van der Waals surface area contributed by atoms with Gasteiger partial charge in [-0.25, -0.2) is 0 Å². The Hall–Kier alpha value is -0.120. The lowest BCUT2D eigenvalue weighted by Crippen LogP contribution is -2.30. The molecule has 0 spiro atoms. The molecule has 0 bridgehead atoms. The summed E-state index contributed by atoms with van der Waals surface area (Å²) in [4.78, 5) is 0. The van der Waals surface area contributed by atoms with Crippen LogP contribution in [0.4, 0.5) is 0 Å². The highest BCUT2D eigenvalue weighted by Gasteiger charge is 2.01. The minimum absolute atomic E-state index is 0.0934. The molecule has 0 aromatic rings. The van der Waals surface area contributed by atoms with Crippen LogP contribution in [0.5, 0.6) is 0 Å². The molecule has 1 atom stereocenters. The van der Waals surface area contributed by atoms with E-state index < -0.39 is 6.23 Å². The van der Waals surface area contributed by atoms with Crippen molar-refractivity contribution in [2.24, 2.45) is 0 Å². The molecule has 3 nitrogen and oxygen atoms in total. The quantitative estimate of drug-likeness (QED) is 0.176. The molecule has 0 saturated carbocycles. The van der Waals surface area contributed by atoms with Gasteiger partial charge in [0.05, 0.1) is 6.61 Å². The summed E-state index contributed by atoms with van der Waals surface area (Å²) in [5.41, 5.74) is 0. The first kappa shape index (κ1) is 24.9. The molecule has 25 heavy (non-hydrogen) atoms. The number of aliphatic hydroxyl groups excluding tert-OH is 2. The van der Waals surface area contributed by atoms with E-state index in [1.807, 2.05) is 0 Å². The van der Waals surface area contributed by atoms with E-state index in [1.165, 1.54) is 103 Å². The van der Waals surface area contributed by atoms with Crippen LogP contribution in [0.25, 0.3) is 0 Å². The molecule has 0 rings (SSSR count). The monoisotopic (exact) mass is 357 g/mol. The van der Waals surface area contributed by atoms with Gasteiger partial charge in [-0.05, 0) is 12.8 Å². The van der Waals surface area contributed by atoms with Crippen LogP contribution < -0.4 is 5.32 Å². The van der Waals surface area contributed by atoms with Crippen molar-refractivity contribution in [3.63, 3.8) is 0 Å². The molecule has 0 aliphatic rings. The van der Waals surface area contributed by atoms with Crippen LogP contribution in [0.1, 0.15) is 122 Å². The molecule has 0 fully saturated rings. The molecule has 0 aromatic carbocycles. The minimum Gasteiger partial charge on any atom is -0.395 e. The highest BCUT2D eigenvalue weighted by molar-refractivity contribution is 4.54. The molecule has 0 radical (unpaired) electrons. The molecule has 152 valence electrons. The summed E-state index contributed by atoms with van der Waals surface area (Å²) < 4.78 is 0. The van der Waals surface area contributed by atoms with E-state index >= 15 is 0 Å². The van der Waals surface area contributed by atoms with E-state index in [1.54, 1.807) is 0 Å². The Bertz CT molecular complexity index is 236. The molecule has 3 heteroatoms. The SMILES string of the molecule is CCCCCCCCCCCCCCCCCCCC(O)NCCO. The van der Waals surface area contributed by atoms with Gasteiger partial charge < -0.3 is 10.2 Å². The van der Waals surface area contributed by atoms with Crippen molar-refractivity contribution in [3.05, 3.63) is 0 Å². The lowest BCUT2D eigenvalue weighted by molar-refractivity contribution is 0.116. The van der Waals surface area contributed by atoms with Crippen molar-refractivity contribution in [2.75, 3.05) is 13.2 Å². The van der Waals surface area contributed by atoms with Crippen molar-refractivity contribution >= 4 is 0 Å². The maximum Gasteiger partial charge on any atom is 0.104 e. The van der Waals surface area contributed by atoms with Crippen molar-refractivity contribution in [1.29, 1.82) is 0 Å². The third-order valence-corrected chi connectivity index (χ3v) is 5.07. The fourth-order valence-corrected chi connectivity index (χ4v) is 3.40. The van der Waals surface area contributed by atoms with E-state index in [9.17, 15) is 5.11 Å². The second-order valence-corrected chi connectivity index (χ2v) is 7.64. The number of aliphatic hydroxyl groups is 2. The Morgan fingerprint density at radius 3 is 1.32 bits per heavy atom. The van der Waals surface area contributed by atoms with Crippen molar-refractivity contribution in [2.45, 2.75) is 129 Å². The van der Waals surface area contributed by atoms with Crippen LogP contribution in [0.15, 0.2) is 0 Å². The van der Waals surface area contributed by atoms with E-state index in [0.717, 1.165) is 12.8 Å². The van der Waals surface area contributed by atoms with Crippen LogP contribution in [-0.4, -0.2) is 29.6 Å². The first-order valence-corrected chi connectivity index (χ1v) is 11.3. The lowest BCUT2D eigenvalue weighted by atomic mass is 10.0. The summed E-state index contributed by atoms with van der Waals surface area (Å²) in [6.07, 6.45) is 23.8. The molecule has 0 amide bonds. The maximum atomic E-state index is 9.58. The van der Waals surface area contributed by atoms with Gasteiger partial charge in [0, 0.05) is 6.54 Å². The van der Waals surface area contributed by atoms with Crippen LogP contribution in [-0.2, 0) is 0 Å². The van der Waals surface area contributed by atoms with Gasteiger partial charge in [0.15, 0.2) is 0 Å². The summed E-state index contributed by atoms with van der Waals surface area (Å²) in [5.74, 6) is 0. The van der Waals surface area contributed by atoms with Gasteiger partial charge in [-0.2, -0.15) is 0 Å². The molecular formula is C22H47NO2. The summed E-state index contributed by atoms with van der Waals surface area (Å²) in [5, 5.41) is 21.1. The molecule has 0 aliphatic heterocycles. The zero-order valence-electron chi connectivity index (χ0n) is 17.1. The third-order valence-electron chi connectivity index (χ3n) is 5.07. The lowest BCUT2D eigenvalue weighted by Gasteiger charge is -2.11. The molecule has 1 unspecified atom stereocenters. The highest BCUT2D eigenvalue weighted by Crippen LogP contribution is 2.14. The fraction of sp³-hybridized carbons (Fsp3) is 1.00. The molecule has 0 aromatic heterocycles. The second kappa shape index (κ2) is 21.9. The summed E-state index contributed by atoms with van der Waals surface area (Å²) >= 11 is 0. The topological polar surface area (TPSA) is 52.5 Å². The average Bonchev–Trinajstić information content (AvgIpc) is 2.62. The summed E-state index contributed by atoms with van der Waals surface area (Å²) in [6.45, 7) is 2.86. The van der Waals surface area contributed by atoms with Gasteiger partial charge >= 0.3 is 0 Å². The van der Waals surface area contributed by atoms with E-state index in [4.69, 9.17) is 5.11 Å². The maximum absolute atomic E-state index is 9.58. The summed E-state index contributed by atoms with van der Waals surface area (Å²) in [6, 6.07) is 0. The Balaban J connectivity index is 3.03.